The maximum absolute atomic E-state index is 12.4. The van der Waals surface area contributed by atoms with Crippen LogP contribution < -0.4 is 4.90 Å². The fourth-order valence-corrected chi connectivity index (χ4v) is 2.09. The Balaban J connectivity index is 2.42. The maximum Gasteiger partial charge on any atom is 0.337 e. The number of para-hydroxylation sites is 1. The number of carboxylic acid groups (broad SMARTS) is 1. The summed E-state index contributed by atoms with van der Waals surface area (Å²) < 4.78 is 0. The van der Waals surface area contributed by atoms with Crippen LogP contribution in [0, 0.1) is 0 Å². The molecule has 0 aliphatic heterocycles. The van der Waals surface area contributed by atoms with Gasteiger partial charge in [-0.15, -0.1) is 0 Å². The van der Waals surface area contributed by atoms with Crippen molar-refractivity contribution in [1.29, 1.82) is 0 Å². The van der Waals surface area contributed by atoms with E-state index in [2.05, 4.69) is 0 Å². The van der Waals surface area contributed by atoms with Crippen molar-refractivity contribution in [1.82, 2.24) is 0 Å². The van der Waals surface area contributed by atoms with E-state index in [0.29, 0.717) is 5.02 Å². The van der Waals surface area contributed by atoms with Crippen LogP contribution in [-0.4, -0.2) is 29.1 Å². The maximum atomic E-state index is 12.4. The average molecular weight is 306 g/mol. The normalized spacial score (nSPS) is 10.2. The first kappa shape index (κ1) is 14.9. The van der Waals surface area contributed by atoms with E-state index in [1.165, 1.54) is 42.3 Å². The standard InChI is InChI=1S/C15H12ClNO4/c1-17(12-5-3-2-4-10(12)15(20)21)14(19)11-7-6-9(16)8-13(11)18/h2-8,18H,1H3,(H,20,21). The summed E-state index contributed by atoms with van der Waals surface area (Å²) in [4.78, 5) is 24.7. The minimum atomic E-state index is -1.13. The monoisotopic (exact) mass is 305 g/mol. The van der Waals surface area contributed by atoms with E-state index >= 15 is 0 Å². The van der Waals surface area contributed by atoms with E-state index in [0.717, 1.165) is 0 Å². The largest absolute Gasteiger partial charge is 0.507 e. The third-order valence-corrected chi connectivity index (χ3v) is 3.23. The number of benzene rings is 2. The summed E-state index contributed by atoms with van der Waals surface area (Å²) in [6.45, 7) is 0. The topological polar surface area (TPSA) is 77.8 Å². The number of hydrogen-bond acceptors (Lipinski definition) is 3. The summed E-state index contributed by atoms with van der Waals surface area (Å²) in [5, 5.41) is 19.2. The molecule has 108 valence electrons. The number of amides is 1. The van der Waals surface area contributed by atoms with Gasteiger partial charge < -0.3 is 15.1 Å². The molecule has 0 bridgehead atoms. The first-order chi connectivity index (χ1) is 9.91. The zero-order valence-corrected chi connectivity index (χ0v) is 11.8. The molecule has 0 radical (unpaired) electrons. The van der Waals surface area contributed by atoms with Crippen molar-refractivity contribution in [3.05, 3.63) is 58.6 Å². The summed E-state index contributed by atoms with van der Waals surface area (Å²) in [6, 6.07) is 10.3. The highest BCUT2D eigenvalue weighted by Gasteiger charge is 2.21. The van der Waals surface area contributed by atoms with Crippen LogP contribution in [0.25, 0.3) is 0 Å². The summed E-state index contributed by atoms with van der Waals surface area (Å²) >= 11 is 5.72. The van der Waals surface area contributed by atoms with E-state index < -0.39 is 11.9 Å². The second-order valence-corrected chi connectivity index (χ2v) is 4.78. The highest BCUT2D eigenvalue weighted by molar-refractivity contribution is 6.31. The smallest absolute Gasteiger partial charge is 0.337 e. The van der Waals surface area contributed by atoms with Crippen molar-refractivity contribution in [3.63, 3.8) is 0 Å². The van der Waals surface area contributed by atoms with Gasteiger partial charge in [-0.2, -0.15) is 0 Å². The van der Waals surface area contributed by atoms with Crippen LogP contribution in [0.3, 0.4) is 0 Å². The van der Waals surface area contributed by atoms with Crippen LogP contribution in [0.5, 0.6) is 5.75 Å². The first-order valence-electron chi connectivity index (χ1n) is 6.00. The Hall–Kier alpha value is -2.53. The van der Waals surface area contributed by atoms with Gasteiger partial charge >= 0.3 is 5.97 Å². The summed E-state index contributed by atoms with van der Waals surface area (Å²) in [6.07, 6.45) is 0. The molecule has 2 rings (SSSR count). The number of aromatic carboxylic acids is 1. The Morgan fingerprint density at radius 3 is 2.38 bits per heavy atom. The zero-order valence-electron chi connectivity index (χ0n) is 11.1. The van der Waals surface area contributed by atoms with Crippen LogP contribution in [0.1, 0.15) is 20.7 Å². The molecule has 2 aromatic carbocycles. The third-order valence-electron chi connectivity index (χ3n) is 2.99. The van der Waals surface area contributed by atoms with Gasteiger partial charge in [0.25, 0.3) is 5.91 Å². The summed E-state index contributed by atoms with van der Waals surface area (Å²) in [5.74, 6) is -1.92. The van der Waals surface area contributed by atoms with Gasteiger partial charge in [-0.1, -0.05) is 23.7 Å². The van der Waals surface area contributed by atoms with Gasteiger partial charge in [0, 0.05) is 12.1 Å². The van der Waals surface area contributed by atoms with Crippen molar-refractivity contribution in [2.75, 3.05) is 11.9 Å². The molecular formula is C15H12ClNO4. The molecule has 0 spiro atoms. The predicted octanol–water partition coefficient (Wildman–Crippen LogP) is 3.02. The van der Waals surface area contributed by atoms with Crippen LogP contribution in [-0.2, 0) is 0 Å². The van der Waals surface area contributed by atoms with Crippen LogP contribution in [0.2, 0.25) is 5.02 Å². The number of phenolic OH excluding ortho intramolecular Hbond substituents is 1. The summed E-state index contributed by atoms with van der Waals surface area (Å²) in [7, 11) is 1.44. The number of carboxylic acids is 1. The lowest BCUT2D eigenvalue weighted by molar-refractivity contribution is 0.0697. The van der Waals surface area contributed by atoms with E-state index in [4.69, 9.17) is 16.7 Å². The fraction of sp³-hybridized carbons (Fsp3) is 0.0667. The molecule has 0 saturated carbocycles. The number of phenols is 1. The van der Waals surface area contributed by atoms with Crippen molar-refractivity contribution < 1.29 is 19.8 Å². The van der Waals surface area contributed by atoms with Crippen molar-refractivity contribution in [2.45, 2.75) is 0 Å². The zero-order chi connectivity index (χ0) is 15.6. The molecule has 1 amide bonds. The fourth-order valence-electron chi connectivity index (χ4n) is 1.92. The SMILES string of the molecule is CN(C(=O)c1ccc(Cl)cc1O)c1ccccc1C(=O)O. The van der Waals surface area contributed by atoms with Crippen molar-refractivity contribution in [2.24, 2.45) is 0 Å². The highest BCUT2D eigenvalue weighted by Crippen LogP contribution is 2.26. The predicted molar refractivity (Wildman–Crippen MR) is 79.3 cm³/mol. The minimum Gasteiger partial charge on any atom is -0.507 e. The highest BCUT2D eigenvalue weighted by atomic mass is 35.5. The number of aromatic hydroxyl groups is 1. The Morgan fingerprint density at radius 2 is 1.76 bits per heavy atom. The first-order valence-corrected chi connectivity index (χ1v) is 6.38. The number of anilines is 1. The van der Waals surface area contributed by atoms with E-state index in [1.54, 1.807) is 12.1 Å². The Morgan fingerprint density at radius 1 is 1.10 bits per heavy atom. The Bertz CT molecular complexity index is 715. The molecular weight excluding hydrogens is 294 g/mol. The van der Waals surface area contributed by atoms with Crippen molar-refractivity contribution in [3.8, 4) is 5.75 Å². The van der Waals surface area contributed by atoms with Crippen LogP contribution >= 0.6 is 11.6 Å². The molecule has 0 saturated heterocycles. The third kappa shape index (κ3) is 2.98. The van der Waals surface area contributed by atoms with Gasteiger partial charge in [-0.25, -0.2) is 4.79 Å². The molecule has 0 aromatic heterocycles. The molecule has 21 heavy (non-hydrogen) atoms. The van der Waals surface area contributed by atoms with E-state index in [-0.39, 0.29) is 22.6 Å². The van der Waals surface area contributed by atoms with Crippen LogP contribution in [0.4, 0.5) is 5.69 Å². The van der Waals surface area contributed by atoms with Gasteiger partial charge in [0.1, 0.15) is 5.75 Å². The van der Waals surface area contributed by atoms with Gasteiger partial charge in [0.05, 0.1) is 16.8 Å². The molecule has 6 heteroatoms. The lowest BCUT2D eigenvalue weighted by Crippen LogP contribution is -2.28. The molecule has 0 aliphatic rings. The average Bonchev–Trinajstić information content (AvgIpc) is 2.45. The van der Waals surface area contributed by atoms with Gasteiger partial charge in [-0.3, -0.25) is 4.79 Å². The van der Waals surface area contributed by atoms with Crippen LogP contribution in [0.15, 0.2) is 42.5 Å². The number of carbonyl (C=O) groups is 2. The molecule has 0 atom stereocenters. The quantitative estimate of drug-likeness (QED) is 0.913. The van der Waals surface area contributed by atoms with Gasteiger partial charge in [0.15, 0.2) is 0 Å². The molecule has 2 N–H and O–H groups in total. The second kappa shape index (κ2) is 5.85. The minimum absolute atomic E-state index is 0.00167. The molecule has 0 aliphatic carbocycles. The molecule has 2 aromatic rings. The molecule has 5 nitrogen and oxygen atoms in total. The Labute approximate surface area is 126 Å². The van der Waals surface area contributed by atoms with Gasteiger partial charge in [0.2, 0.25) is 0 Å². The van der Waals surface area contributed by atoms with E-state index in [1.807, 2.05) is 0 Å². The molecule has 0 heterocycles. The number of halogens is 1. The second-order valence-electron chi connectivity index (χ2n) is 4.35. The number of hydrogen-bond donors (Lipinski definition) is 2. The molecule has 0 unspecified atom stereocenters. The number of rotatable bonds is 3. The van der Waals surface area contributed by atoms with E-state index in [9.17, 15) is 14.7 Å². The van der Waals surface area contributed by atoms with Crippen molar-refractivity contribution >= 4 is 29.2 Å². The van der Waals surface area contributed by atoms with Gasteiger partial charge in [-0.05, 0) is 30.3 Å². The lowest BCUT2D eigenvalue weighted by Gasteiger charge is -2.19. The lowest BCUT2D eigenvalue weighted by atomic mass is 10.1. The summed E-state index contributed by atoms with van der Waals surface area (Å²) in [5.41, 5.74) is 0.285. The molecule has 0 fully saturated rings. The Kier molecular flexibility index (Phi) is 4.14. The number of nitrogens with zero attached hydrogens (tertiary/aromatic N) is 1. The number of carbonyl (C=O) groups excluding carboxylic acids is 1.